The Morgan fingerprint density at radius 3 is 2.95 bits per heavy atom. The fourth-order valence-corrected chi connectivity index (χ4v) is 2.23. The van der Waals surface area contributed by atoms with Crippen LogP contribution in [0.4, 0.5) is 5.69 Å². The zero-order valence-electron chi connectivity index (χ0n) is 10.3. The van der Waals surface area contributed by atoms with Crippen LogP contribution in [0.25, 0.3) is 0 Å². The fraction of sp³-hybridized carbons (Fsp3) is 0.250. The van der Waals surface area contributed by atoms with Gasteiger partial charge in [-0.15, -0.1) is 0 Å². The number of carbonyl (C=O) groups is 1. The molecule has 1 aromatic heterocycles. The van der Waals surface area contributed by atoms with E-state index in [4.69, 9.17) is 5.11 Å². The molecule has 0 amide bonds. The summed E-state index contributed by atoms with van der Waals surface area (Å²) >= 11 is 3.24. The van der Waals surface area contributed by atoms with E-state index in [-0.39, 0.29) is 5.56 Å². The number of rotatable bonds is 5. The Morgan fingerprint density at radius 2 is 2.32 bits per heavy atom. The Labute approximate surface area is 118 Å². The van der Waals surface area contributed by atoms with Gasteiger partial charge in [0.2, 0.25) is 0 Å². The number of hydrogen-bond acceptors (Lipinski definition) is 4. The van der Waals surface area contributed by atoms with Crippen molar-refractivity contribution in [3.63, 3.8) is 0 Å². The first kappa shape index (κ1) is 13.5. The first-order valence-corrected chi connectivity index (χ1v) is 6.47. The highest BCUT2D eigenvalue weighted by Gasteiger charge is 2.13. The third-order valence-electron chi connectivity index (χ3n) is 2.54. The molecule has 0 radical (unpaired) electrons. The predicted octanol–water partition coefficient (Wildman–Crippen LogP) is 1.93. The van der Waals surface area contributed by atoms with E-state index in [1.54, 1.807) is 36.3 Å². The minimum atomic E-state index is -0.967. The molecule has 0 aliphatic carbocycles. The number of anilines is 1. The van der Waals surface area contributed by atoms with Gasteiger partial charge in [0.05, 0.1) is 5.56 Å². The van der Waals surface area contributed by atoms with Crippen LogP contribution in [0.1, 0.15) is 16.2 Å². The minimum absolute atomic E-state index is 0.233. The van der Waals surface area contributed by atoms with Gasteiger partial charge in [-0.3, -0.25) is 4.68 Å². The number of aryl methyl sites for hydroxylation is 1. The summed E-state index contributed by atoms with van der Waals surface area (Å²) in [6, 6.07) is 5.23. The second-order valence-corrected chi connectivity index (χ2v) is 4.83. The molecule has 0 fully saturated rings. The van der Waals surface area contributed by atoms with Gasteiger partial charge in [-0.1, -0.05) is 6.07 Å². The summed E-state index contributed by atoms with van der Waals surface area (Å²) in [4.78, 5) is 15.3. The molecule has 0 spiro atoms. The van der Waals surface area contributed by atoms with Crippen LogP contribution in [0.2, 0.25) is 0 Å². The number of carboxylic acids is 1. The van der Waals surface area contributed by atoms with E-state index in [2.05, 4.69) is 31.3 Å². The van der Waals surface area contributed by atoms with Crippen LogP contribution in [0.5, 0.6) is 0 Å². The van der Waals surface area contributed by atoms with Gasteiger partial charge in [0.1, 0.15) is 6.33 Å². The van der Waals surface area contributed by atoms with Crippen LogP contribution in [0.15, 0.2) is 29.0 Å². The fourth-order valence-electron chi connectivity index (χ4n) is 1.70. The van der Waals surface area contributed by atoms with Crippen LogP contribution in [0, 0.1) is 0 Å². The largest absolute Gasteiger partial charge is 0.478 e. The van der Waals surface area contributed by atoms with Crippen molar-refractivity contribution in [1.82, 2.24) is 14.8 Å². The lowest BCUT2D eigenvalue weighted by Crippen LogP contribution is -2.10. The highest BCUT2D eigenvalue weighted by molar-refractivity contribution is 9.10. The molecule has 0 saturated carbocycles. The molecule has 1 heterocycles. The Hall–Kier alpha value is -1.89. The van der Waals surface area contributed by atoms with Gasteiger partial charge < -0.3 is 10.4 Å². The summed E-state index contributed by atoms with van der Waals surface area (Å²) in [6.45, 7) is 0.570. The van der Waals surface area contributed by atoms with Gasteiger partial charge >= 0.3 is 5.97 Å². The molecule has 0 unspecified atom stereocenters. The summed E-state index contributed by atoms with van der Waals surface area (Å²) in [5.74, 6) is -0.243. The van der Waals surface area contributed by atoms with Crippen molar-refractivity contribution in [2.24, 2.45) is 7.05 Å². The number of nitrogens with one attached hydrogen (secondary N) is 1. The highest BCUT2D eigenvalue weighted by Crippen LogP contribution is 2.24. The molecule has 0 bridgehead atoms. The Kier molecular flexibility index (Phi) is 4.16. The van der Waals surface area contributed by atoms with Gasteiger partial charge in [-0.05, 0) is 28.1 Å². The summed E-state index contributed by atoms with van der Waals surface area (Å²) in [5.41, 5.74) is 0.814. The molecule has 0 saturated heterocycles. The first-order valence-electron chi connectivity index (χ1n) is 5.68. The predicted molar refractivity (Wildman–Crippen MR) is 74.3 cm³/mol. The minimum Gasteiger partial charge on any atom is -0.478 e. The standard InChI is InChI=1S/C12H13BrN4O2/c1-17-7-15-10(16-17)5-6-14-9-4-2-3-8(13)11(9)12(18)19/h2-4,7,14H,5-6H2,1H3,(H,18,19). The Bertz CT molecular complexity index is 597. The van der Waals surface area contributed by atoms with Crippen LogP contribution < -0.4 is 5.32 Å². The molecular weight excluding hydrogens is 312 g/mol. The number of carboxylic acid groups (broad SMARTS) is 1. The topological polar surface area (TPSA) is 80.0 Å². The number of aromatic nitrogens is 3. The van der Waals surface area contributed by atoms with Gasteiger partial charge in [0, 0.05) is 30.2 Å². The van der Waals surface area contributed by atoms with Crippen molar-refractivity contribution in [1.29, 1.82) is 0 Å². The third-order valence-corrected chi connectivity index (χ3v) is 3.20. The maximum absolute atomic E-state index is 11.2. The van der Waals surface area contributed by atoms with E-state index in [1.165, 1.54) is 0 Å². The second kappa shape index (κ2) is 5.83. The summed E-state index contributed by atoms with van der Waals surface area (Å²) < 4.78 is 2.19. The zero-order chi connectivity index (χ0) is 13.8. The SMILES string of the molecule is Cn1cnc(CCNc2cccc(Br)c2C(=O)O)n1. The summed E-state index contributed by atoms with van der Waals surface area (Å²) in [5, 5.41) is 16.4. The normalized spacial score (nSPS) is 10.4. The van der Waals surface area contributed by atoms with Gasteiger partial charge in [-0.2, -0.15) is 5.10 Å². The van der Waals surface area contributed by atoms with Gasteiger partial charge in [-0.25, -0.2) is 9.78 Å². The Morgan fingerprint density at radius 1 is 1.53 bits per heavy atom. The van der Waals surface area contributed by atoms with E-state index in [0.717, 1.165) is 5.82 Å². The van der Waals surface area contributed by atoms with Crippen molar-refractivity contribution in [2.45, 2.75) is 6.42 Å². The monoisotopic (exact) mass is 324 g/mol. The Balaban J connectivity index is 2.03. The lowest BCUT2D eigenvalue weighted by Gasteiger charge is -2.09. The van der Waals surface area contributed by atoms with Crippen molar-refractivity contribution in [3.8, 4) is 0 Å². The smallest absolute Gasteiger partial charge is 0.338 e. The lowest BCUT2D eigenvalue weighted by molar-refractivity contribution is 0.0697. The summed E-state index contributed by atoms with van der Waals surface area (Å²) in [7, 11) is 1.81. The molecule has 2 aromatic rings. The maximum atomic E-state index is 11.2. The molecule has 0 aliphatic heterocycles. The molecule has 19 heavy (non-hydrogen) atoms. The van der Waals surface area contributed by atoms with Gasteiger partial charge in [0.25, 0.3) is 0 Å². The molecule has 1 aromatic carbocycles. The van der Waals surface area contributed by atoms with Crippen LogP contribution in [0.3, 0.4) is 0 Å². The van der Waals surface area contributed by atoms with E-state index in [9.17, 15) is 4.79 Å². The molecule has 7 heteroatoms. The first-order chi connectivity index (χ1) is 9.08. The van der Waals surface area contributed by atoms with Crippen molar-refractivity contribution >= 4 is 27.6 Å². The molecule has 2 rings (SSSR count). The quantitative estimate of drug-likeness (QED) is 0.878. The highest BCUT2D eigenvalue weighted by atomic mass is 79.9. The number of hydrogen-bond donors (Lipinski definition) is 2. The number of nitrogens with zero attached hydrogens (tertiary/aromatic N) is 3. The van der Waals surface area contributed by atoms with E-state index in [1.807, 2.05) is 0 Å². The van der Waals surface area contributed by atoms with E-state index in [0.29, 0.717) is 23.1 Å². The van der Waals surface area contributed by atoms with Crippen LogP contribution >= 0.6 is 15.9 Å². The van der Waals surface area contributed by atoms with E-state index < -0.39 is 5.97 Å². The lowest BCUT2D eigenvalue weighted by atomic mass is 10.2. The zero-order valence-corrected chi connectivity index (χ0v) is 11.9. The van der Waals surface area contributed by atoms with Crippen molar-refractivity contribution < 1.29 is 9.90 Å². The summed E-state index contributed by atoms with van der Waals surface area (Å²) in [6.07, 6.45) is 2.27. The average Bonchev–Trinajstić information content (AvgIpc) is 2.74. The van der Waals surface area contributed by atoms with Crippen molar-refractivity contribution in [3.05, 3.63) is 40.4 Å². The molecule has 6 nitrogen and oxygen atoms in total. The second-order valence-electron chi connectivity index (χ2n) is 3.98. The number of benzene rings is 1. The van der Waals surface area contributed by atoms with Crippen molar-refractivity contribution in [2.75, 3.05) is 11.9 Å². The molecule has 0 atom stereocenters. The molecule has 100 valence electrons. The average molecular weight is 325 g/mol. The molecule has 2 N–H and O–H groups in total. The maximum Gasteiger partial charge on any atom is 0.338 e. The van der Waals surface area contributed by atoms with Gasteiger partial charge in [0.15, 0.2) is 5.82 Å². The van der Waals surface area contributed by atoms with E-state index >= 15 is 0 Å². The number of aromatic carboxylic acids is 1. The van der Waals surface area contributed by atoms with Crippen LogP contribution in [-0.4, -0.2) is 32.4 Å². The molecular formula is C12H13BrN4O2. The number of halogens is 1. The van der Waals surface area contributed by atoms with Crippen LogP contribution in [-0.2, 0) is 13.5 Å². The molecule has 0 aliphatic rings. The third kappa shape index (κ3) is 3.31.